The summed E-state index contributed by atoms with van der Waals surface area (Å²) in [7, 11) is -4.07. The Balaban J connectivity index is 2.94. The van der Waals surface area contributed by atoms with Crippen LogP contribution < -0.4 is 4.83 Å². The highest BCUT2D eigenvalue weighted by molar-refractivity contribution is 7.89. The Morgan fingerprint density at radius 2 is 1.72 bits per heavy atom. The molecule has 1 aromatic carbocycles. The molecule has 0 saturated carbocycles. The van der Waals surface area contributed by atoms with Gasteiger partial charge in [0.1, 0.15) is 5.71 Å². The van der Waals surface area contributed by atoms with Crippen LogP contribution in [0.25, 0.3) is 0 Å². The molecule has 0 aliphatic carbocycles. The van der Waals surface area contributed by atoms with Crippen LogP contribution in [0.1, 0.15) is 12.5 Å². The molecule has 1 rings (SSSR count). The zero-order valence-corrected chi connectivity index (χ0v) is 10.4. The minimum Gasteiger partial charge on any atom is -0.200 e. The van der Waals surface area contributed by atoms with E-state index in [2.05, 4.69) is 5.10 Å². The fraction of sp³-hybridized carbons (Fsp3) is 0.300. The van der Waals surface area contributed by atoms with Gasteiger partial charge in [-0.05, 0) is 26.0 Å². The second kappa shape index (κ2) is 4.97. The molecule has 100 valence electrons. The van der Waals surface area contributed by atoms with Gasteiger partial charge in [-0.1, -0.05) is 17.7 Å². The molecule has 0 heterocycles. The maximum absolute atomic E-state index is 12.1. The summed E-state index contributed by atoms with van der Waals surface area (Å²) in [5.41, 5.74) is -0.429. The molecular weight excluding hydrogens is 269 g/mol. The van der Waals surface area contributed by atoms with Crippen LogP contribution in [0.3, 0.4) is 0 Å². The number of nitrogens with zero attached hydrogens (tertiary/aromatic N) is 1. The Morgan fingerprint density at radius 3 is 2.17 bits per heavy atom. The standard InChI is InChI=1S/C10H11F3N2O2S/c1-7-3-5-9(6-4-7)18(16,17)15-14-8(2)10(11,12)13/h3-6,15H,1-2H3/b14-8+. The maximum Gasteiger partial charge on any atom is 0.430 e. The summed E-state index contributed by atoms with van der Waals surface area (Å²) < 4.78 is 59.5. The summed E-state index contributed by atoms with van der Waals surface area (Å²) in [4.78, 5) is 1.39. The molecule has 0 fully saturated rings. The molecule has 0 amide bonds. The molecule has 0 aromatic heterocycles. The highest BCUT2D eigenvalue weighted by Gasteiger charge is 2.32. The summed E-state index contributed by atoms with van der Waals surface area (Å²) in [6.07, 6.45) is -4.66. The molecule has 0 saturated heterocycles. The lowest BCUT2D eigenvalue weighted by atomic mass is 10.2. The Hall–Kier alpha value is -1.57. The third-order valence-electron chi connectivity index (χ3n) is 2.08. The maximum atomic E-state index is 12.1. The van der Waals surface area contributed by atoms with Crippen molar-refractivity contribution < 1.29 is 21.6 Å². The van der Waals surface area contributed by atoms with Gasteiger partial charge in [0.05, 0.1) is 4.90 Å². The number of benzene rings is 1. The second-order valence-corrected chi connectivity index (χ2v) is 5.26. The van der Waals surface area contributed by atoms with E-state index < -0.39 is 21.9 Å². The molecule has 0 bridgehead atoms. The van der Waals surface area contributed by atoms with Crippen LogP contribution in [-0.4, -0.2) is 20.3 Å². The van der Waals surface area contributed by atoms with Crippen molar-refractivity contribution in [2.45, 2.75) is 24.9 Å². The molecule has 1 aromatic rings. The number of halogens is 3. The fourth-order valence-corrected chi connectivity index (χ4v) is 1.82. The normalized spacial score (nSPS) is 13.5. The lowest BCUT2D eigenvalue weighted by molar-refractivity contribution is -0.0594. The van der Waals surface area contributed by atoms with Gasteiger partial charge in [0.2, 0.25) is 0 Å². The highest BCUT2D eigenvalue weighted by Crippen LogP contribution is 2.17. The molecule has 4 nitrogen and oxygen atoms in total. The smallest absolute Gasteiger partial charge is 0.200 e. The summed E-state index contributed by atoms with van der Waals surface area (Å²) in [6.45, 7) is 2.44. The average molecular weight is 280 g/mol. The van der Waals surface area contributed by atoms with Gasteiger partial charge in [-0.15, -0.1) is 0 Å². The number of hydrazone groups is 1. The minimum absolute atomic E-state index is 0.146. The van der Waals surface area contributed by atoms with Crippen molar-refractivity contribution >= 4 is 15.7 Å². The molecular formula is C10H11F3N2O2S. The van der Waals surface area contributed by atoms with E-state index in [0.29, 0.717) is 6.92 Å². The summed E-state index contributed by atoms with van der Waals surface area (Å²) in [5.74, 6) is 0. The molecule has 0 radical (unpaired) electrons. The van der Waals surface area contributed by atoms with Crippen LogP contribution >= 0.6 is 0 Å². The highest BCUT2D eigenvalue weighted by atomic mass is 32.2. The van der Waals surface area contributed by atoms with Gasteiger partial charge < -0.3 is 0 Å². The molecule has 0 spiro atoms. The van der Waals surface area contributed by atoms with Crippen molar-refractivity contribution in [3.8, 4) is 0 Å². The number of sulfonamides is 1. The van der Waals surface area contributed by atoms with E-state index in [1.165, 1.54) is 24.3 Å². The first kappa shape index (κ1) is 14.5. The molecule has 0 unspecified atom stereocenters. The van der Waals surface area contributed by atoms with Gasteiger partial charge >= 0.3 is 6.18 Å². The van der Waals surface area contributed by atoms with Crippen molar-refractivity contribution in [1.29, 1.82) is 0 Å². The number of aryl methyl sites for hydroxylation is 1. The number of alkyl halides is 3. The predicted molar refractivity (Wildman–Crippen MR) is 60.7 cm³/mol. The minimum atomic E-state index is -4.66. The van der Waals surface area contributed by atoms with Crippen molar-refractivity contribution in [2.24, 2.45) is 5.10 Å². The first-order valence-corrected chi connectivity index (χ1v) is 6.31. The third-order valence-corrected chi connectivity index (χ3v) is 3.30. The fourth-order valence-electron chi connectivity index (χ4n) is 0.962. The van der Waals surface area contributed by atoms with E-state index in [-0.39, 0.29) is 4.90 Å². The lowest BCUT2D eigenvalue weighted by Gasteiger charge is -2.07. The first-order chi connectivity index (χ1) is 8.13. The monoisotopic (exact) mass is 280 g/mol. The molecule has 0 aliphatic rings. The van der Waals surface area contributed by atoms with Crippen molar-refractivity contribution in [1.82, 2.24) is 4.83 Å². The van der Waals surface area contributed by atoms with Gasteiger partial charge in [-0.3, -0.25) is 0 Å². The van der Waals surface area contributed by atoms with Gasteiger partial charge in [0.15, 0.2) is 0 Å². The van der Waals surface area contributed by atoms with Crippen molar-refractivity contribution in [3.63, 3.8) is 0 Å². The van der Waals surface area contributed by atoms with Crippen LogP contribution in [0.15, 0.2) is 34.3 Å². The topological polar surface area (TPSA) is 58.5 Å². The zero-order valence-electron chi connectivity index (χ0n) is 9.62. The Labute approximate surface area is 103 Å². The SMILES string of the molecule is C/C(=N\NS(=O)(=O)c1ccc(C)cc1)C(F)(F)F. The van der Waals surface area contributed by atoms with Gasteiger partial charge in [-0.25, -0.2) is 0 Å². The van der Waals surface area contributed by atoms with Crippen LogP contribution in [-0.2, 0) is 10.0 Å². The van der Waals surface area contributed by atoms with E-state index in [0.717, 1.165) is 5.56 Å². The van der Waals surface area contributed by atoms with Crippen molar-refractivity contribution in [3.05, 3.63) is 29.8 Å². The second-order valence-electron chi connectivity index (χ2n) is 3.60. The summed E-state index contributed by atoms with van der Waals surface area (Å²) >= 11 is 0. The van der Waals surface area contributed by atoms with E-state index in [9.17, 15) is 21.6 Å². The van der Waals surface area contributed by atoms with Crippen molar-refractivity contribution in [2.75, 3.05) is 0 Å². The van der Waals surface area contributed by atoms with E-state index in [4.69, 9.17) is 0 Å². The van der Waals surface area contributed by atoms with Crippen LogP contribution in [0, 0.1) is 6.92 Å². The van der Waals surface area contributed by atoms with Gasteiger partial charge in [-0.2, -0.15) is 31.5 Å². The molecule has 18 heavy (non-hydrogen) atoms. The van der Waals surface area contributed by atoms with E-state index in [1.54, 1.807) is 11.8 Å². The van der Waals surface area contributed by atoms with Gasteiger partial charge in [0, 0.05) is 0 Å². The van der Waals surface area contributed by atoms with E-state index >= 15 is 0 Å². The molecule has 8 heteroatoms. The third kappa shape index (κ3) is 3.73. The Kier molecular flexibility index (Phi) is 4.00. The first-order valence-electron chi connectivity index (χ1n) is 4.83. The number of nitrogens with one attached hydrogen (secondary N) is 1. The number of hydrogen-bond donors (Lipinski definition) is 1. The Bertz CT molecular complexity index is 547. The van der Waals surface area contributed by atoms with Crippen LogP contribution in [0.5, 0.6) is 0 Å². The van der Waals surface area contributed by atoms with Gasteiger partial charge in [0.25, 0.3) is 10.0 Å². The predicted octanol–water partition coefficient (Wildman–Crippen LogP) is 2.21. The van der Waals surface area contributed by atoms with E-state index in [1.807, 2.05) is 0 Å². The lowest BCUT2D eigenvalue weighted by Crippen LogP contribution is -2.26. The summed E-state index contributed by atoms with van der Waals surface area (Å²) in [5, 5.41) is 2.82. The van der Waals surface area contributed by atoms with Crippen LogP contribution in [0.4, 0.5) is 13.2 Å². The quantitative estimate of drug-likeness (QED) is 0.681. The average Bonchev–Trinajstić information content (AvgIpc) is 2.25. The number of hydrogen-bond acceptors (Lipinski definition) is 3. The summed E-state index contributed by atoms with van der Waals surface area (Å²) in [6, 6.07) is 5.65. The molecule has 0 aliphatic heterocycles. The largest absolute Gasteiger partial charge is 0.430 e. The number of rotatable bonds is 3. The van der Waals surface area contributed by atoms with Crippen LogP contribution in [0.2, 0.25) is 0 Å². The molecule has 0 atom stereocenters. The molecule has 1 N–H and O–H groups in total. The zero-order chi connectivity index (χ0) is 14.0. The Morgan fingerprint density at radius 1 is 1.22 bits per heavy atom.